The molecule has 0 aliphatic carbocycles. The molecule has 0 N–H and O–H groups in total. The lowest BCUT2D eigenvalue weighted by Crippen LogP contribution is -2.41. The van der Waals surface area contributed by atoms with E-state index in [0.29, 0.717) is 12.5 Å². The Labute approximate surface area is 186 Å². The summed E-state index contributed by atoms with van der Waals surface area (Å²) in [6, 6.07) is 26.2. The standard InChI is InChI=1S/C26H24N2O2S/c29-25(18-30-23-14-6-4-12-21(23)19-9-2-1-3-10-19)28-16-8-11-20(17-28)26-27-22-13-5-7-15-24(22)31-26/h1-7,9-10,12-15,20H,8,11,16-18H2. The molecule has 1 atom stereocenters. The van der Waals surface area contributed by atoms with Crippen molar-refractivity contribution in [3.63, 3.8) is 0 Å². The second-order valence-electron chi connectivity index (χ2n) is 7.85. The van der Waals surface area contributed by atoms with E-state index in [1.807, 2.05) is 59.5 Å². The van der Waals surface area contributed by atoms with Crippen molar-refractivity contribution >= 4 is 27.5 Å². The molecule has 1 aromatic heterocycles. The van der Waals surface area contributed by atoms with E-state index in [4.69, 9.17) is 9.72 Å². The molecule has 2 heterocycles. The zero-order valence-electron chi connectivity index (χ0n) is 17.2. The minimum absolute atomic E-state index is 0.0358. The van der Waals surface area contributed by atoms with E-state index in [1.54, 1.807) is 11.3 Å². The Morgan fingerprint density at radius 1 is 1.00 bits per heavy atom. The smallest absolute Gasteiger partial charge is 0.260 e. The predicted molar refractivity (Wildman–Crippen MR) is 126 cm³/mol. The van der Waals surface area contributed by atoms with E-state index in [9.17, 15) is 4.79 Å². The molecular weight excluding hydrogens is 404 g/mol. The van der Waals surface area contributed by atoms with Crippen LogP contribution in [0.25, 0.3) is 21.3 Å². The molecule has 4 nitrogen and oxygen atoms in total. The van der Waals surface area contributed by atoms with E-state index < -0.39 is 0 Å². The largest absolute Gasteiger partial charge is 0.483 e. The highest BCUT2D eigenvalue weighted by Gasteiger charge is 2.27. The monoisotopic (exact) mass is 428 g/mol. The van der Waals surface area contributed by atoms with Gasteiger partial charge in [-0.1, -0.05) is 60.7 Å². The molecule has 1 aliphatic heterocycles. The van der Waals surface area contributed by atoms with Crippen LogP contribution in [0.4, 0.5) is 0 Å². The van der Waals surface area contributed by atoms with Crippen molar-refractivity contribution in [3.8, 4) is 16.9 Å². The molecule has 156 valence electrons. The van der Waals surface area contributed by atoms with Crippen LogP contribution in [0, 0.1) is 0 Å². The Hall–Kier alpha value is -3.18. The van der Waals surface area contributed by atoms with Crippen molar-refractivity contribution in [3.05, 3.63) is 83.9 Å². The van der Waals surface area contributed by atoms with Crippen molar-refractivity contribution in [2.75, 3.05) is 19.7 Å². The lowest BCUT2D eigenvalue weighted by Gasteiger charge is -2.31. The van der Waals surface area contributed by atoms with Crippen LogP contribution in [0.5, 0.6) is 5.75 Å². The van der Waals surface area contributed by atoms with Crippen molar-refractivity contribution in [2.45, 2.75) is 18.8 Å². The van der Waals surface area contributed by atoms with Crippen LogP contribution in [0.1, 0.15) is 23.8 Å². The summed E-state index contributed by atoms with van der Waals surface area (Å²) in [6.45, 7) is 1.54. The second kappa shape index (κ2) is 8.90. The molecular formula is C26H24N2O2S. The third-order valence-electron chi connectivity index (χ3n) is 5.76. The third-order valence-corrected chi connectivity index (χ3v) is 6.96. The molecule has 4 aromatic rings. The number of para-hydroxylation sites is 2. The highest BCUT2D eigenvalue weighted by atomic mass is 32.1. The molecule has 1 fully saturated rings. The molecule has 3 aromatic carbocycles. The fourth-order valence-electron chi connectivity index (χ4n) is 4.15. The number of rotatable bonds is 5. The molecule has 0 saturated carbocycles. The number of likely N-dealkylation sites (tertiary alicyclic amines) is 1. The number of aromatic nitrogens is 1. The first-order chi connectivity index (χ1) is 15.3. The molecule has 1 saturated heterocycles. The van der Waals surface area contributed by atoms with Crippen LogP contribution >= 0.6 is 11.3 Å². The van der Waals surface area contributed by atoms with E-state index in [0.717, 1.165) is 46.8 Å². The van der Waals surface area contributed by atoms with Crippen LogP contribution in [-0.2, 0) is 4.79 Å². The van der Waals surface area contributed by atoms with E-state index in [-0.39, 0.29) is 12.5 Å². The number of benzene rings is 3. The zero-order chi connectivity index (χ0) is 21.0. The first-order valence-corrected chi connectivity index (χ1v) is 11.5. The van der Waals surface area contributed by atoms with Gasteiger partial charge in [0.25, 0.3) is 5.91 Å². The van der Waals surface area contributed by atoms with Gasteiger partial charge in [-0.05, 0) is 36.6 Å². The Balaban J connectivity index is 1.26. The van der Waals surface area contributed by atoms with E-state index in [2.05, 4.69) is 24.3 Å². The molecule has 5 rings (SSSR count). The summed E-state index contributed by atoms with van der Waals surface area (Å²) in [7, 11) is 0. The lowest BCUT2D eigenvalue weighted by atomic mass is 9.98. The fraction of sp³-hybridized carbons (Fsp3) is 0.231. The van der Waals surface area contributed by atoms with Crippen molar-refractivity contribution in [2.24, 2.45) is 0 Å². The Bertz CT molecular complexity index is 1160. The van der Waals surface area contributed by atoms with Crippen LogP contribution < -0.4 is 4.74 Å². The van der Waals surface area contributed by atoms with Gasteiger partial charge in [-0.2, -0.15) is 0 Å². The van der Waals surface area contributed by atoms with Gasteiger partial charge in [0.15, 0.2) is 6.61 Å². The third kappa shape index (κ3) is 4.32. The predicted octanol–water partition coefficient (Wildman–Crippen LogP) is 5.75. The van der Waals surface area contributed by atoms with Gasteiger partial charge >= 0.3 is 0 Å². The van der Waals surface area contributed by atoms with Crippen molar-refractivity contribution < 1.29 is 9.53 Å². The average molecular weight is 429 g/mol. The minimum Gasteiger partial charge on any atom is -0.483 e. The summed E-state index contributed by atoms with van der Waals surface area (Å²) >= 11 is 1.75. The first kappa shape index (κ1) is 19.8. The highest BCUT2D eigenvalue weighted by Crippen LogP contribution is 2.33. The summed E-state index contributed by atoms with van der Waals surface area (Å²) in [5, 5.41) is 1.13. The zero-order valence-corrected chi connectivity index (χ0v) is 18.1. The van der Waals surface area contributed by atoms with Gasteiger partial charge in [-0.25, -0.2) is 4.98 Å². The Kier molecular flexibility index (Phi) is 5.67. The summed E-state index contributed by atoms with van der Waals surface area (Å²) < 4.78 is 7.20. The number of piperidine rings is 1. The molecule has 1 unspecified atom stereocenters. The van der Waals surface area contributed by atoms with Crippen LogP contribution in [-0.4, -0.2) is 35.5 Å². The maximum absolute atomic E-state index is 13.0. The molecule has 0 radical (unpaired) electrons. The molecule has 1 amide bonds. The molecule has 1 aliphatic rings. The van der Waals surface area contributed by atoms with Crippen molar-refractivity contribution in [1.29, 1.82) is 0 Å². The number of carbonyl (C=O) groups is 1. The number of ether oxygens (including phenoxy) is 1. The topological polar surface area (TPSA) is 42.4 Å². The molecule has 5 heteroatoms. The van der Waals surface area contributed by atoms with E-state index in [1.165, 1.54) is 4.70 Å². The summed E-state index contributed by atoms with van der Waals surface area (Å²) in [4.78, 5) is 19.7. The number of hydrogen-bond donors (Lipinski definition) is 0. The number of amides is 1. The van der Waals surface area contributed by atoms with Crippen molar-refractivity contribution in [1.82, 2.24) is 9.88 Å². The molecule has 31 heavy (non-hydrogen) atoms. The highest BCUT2D eigenvalue weighted by molar-refractivity contribution is 7.18. The van der Waals surface area contributed by atoms with Gasteiger partial charge in [0.05, 0.1) is 15.2 Å². The number of fused-ring (bicyclic) bond motifs is 1. The lowest BCUT2D eigenvalue weighted by molar-refractivity contribution is -0.134. The maximum Gasteiger partial charge on any atom is 0.260 e. The Morgan fingerprint density at radius 2 is 1.77 bits per heavy atom. The Morgan fingerprint density at radius 3 is 2.65 bits per heavy atom. The van der Waals surface area contributed by atoms with Crippen LogP contribution in [0.3, 0.4) is 0 Å². The fourth-order valence-corrected chi connectivity index (χ4v) is 5.24. The number of nitrogens with zero attached hydrogens (tertiary/aromatic N) is 2. The van der Waals surface area contributed by atoms with Crippen LogP contribution in [0.2, 0.25) is 0 Å². The van der Waals surface area contributed by atoms with Gasteiger partial charge in [0, 0.05) is 24.6 Å². The average Bonchev–Trinajstić information content (AvgIpc) is 3.28. The summed E-state index contributed by atoms with van der Waals surface area (Å²) in [5.41, 5.74) is 3.13. The number of hydrogen-bond acceptors (Lipinski definition) is 4. The first-order valence-electron chi connectivity index (χ1n) is 10.7. The summed E-state index contributed by atoms with van der Waals surface area (Å²) in [6.07, 6.45) is 2.06. The van der Waals surface area contributed by atoms with Crippen LogP contribution in [0.15, 0.2) is 78.9 Å². The number of thiazole rings is 1. The normalized spacial score (nSPS) is 16.4. The molecule has 0 bridgehead atoms. The maximum atomic E-state index is 13.0. The molecule has 0 spiro atoms. The second-order valence-corrected chi connectivity index (χ2v) is 8.91. The summed E-state index contributed by atoms with van der Waals surface area (Å²) in [5.74, 6) is 1.07. The van der Waals surface area contributed by atoms with Gasteiger partial charge in [-0.3, -0.25) is 4.79 Å². The quantitative estimate of drug-likeness (QED) is 0.407. The minimum atomic E-state index is 0.0358. The van der Waals surface area contributed by atoms with Gasteiger partial charge in [0.1, 0.15) is 5.75 Å². The number of carbonyl (C=O) groups excluding carboxylic acids is 1. The van der Waals surface area contributed by atoms with Gasteiger partial charge in [-0.15, -0.1) is 11.3 Å². The SMILES string of the molecule is O=C(COc1ccccc1-c1ccccc1)N1CCCC(c2nc3ccccc3s2)C1. The van der Waals surface area contributed by atoms with Gasteiger partial charge in [0.2, 0.25) is 0 Å². The van der Waals surface area contributed by atoms with E-state index >= 15 is 0 Å². The van der Waals surface area contributed by atoms with Gasteiger partial charge < -0.3 is 9.64 Å².